The molecular formula is C48H48F2N8O9. The summed E-state index contributed by atoms with van der Waals surface area (Å²) in [7, 11) is 2.92. The molecular weight excluding hydrogens is 871 g/mol. The monoisotopic (exact) mass is 918 g/mol. The number of ether oxygens (including phenoxy) is 2. The number of benzene rings is 4. The van der Waals surface area contributed by atoms with E-state index in [9.17, 15) is 18.4 Å². The van der Waals surface area contributed by atoms with Gasteiger partial charge in [0.1, 0.15) is 41.2 Å². The van der Waals surface area contributed by atoms with Gasteiger partial charge in [0.25, 0.3) is 5.91 Å². The van der Waals surface area contributed by atoms with Gasteiger partial charge in [0.15, 0.2) is 0 Å². The van der Waals surface area contributed by atoms with Crippen molar-refractivity contribution < 1.29 is 50.8 Å². The largest absolute Gasteiger partial charge is 0.496 e. The number of nitrogens with two attached hydrogens (primary N) is 1. The number of amides is 1. The molecule has 0 saturated heterocycles. The number of hydrogen-bond acceptors (Lipinski definition) is 15. The number of carbonyl (C=O) groups is 2. The van der Waals surface area contributed by atoms with Gasteiger partial charge in [-0.15, -0.1) is 0 Å². The Bertz CT molecular complexity index is 2940. The maximum atomic E-state index is 13.2. The second kappa shape index (κ2) is 20.8. The summed E-state index contributed by atoms with van der Waals surface area (Å²) < 4.78 is 57.1. The van der Waals surface area contributed by atoms with Crippen molar-refractivity contribution in [3.05, 3.63) is 143 Å². The molecule has 17 nitrogen and oxygen atoms in total. The third kappa shape index (κ3) is 12.0. The minimum atomic E-state index is -1.07. The molecule has 0 aliphatic rings. The third-order valence-corrected chi connectivity index (χ3v) is 10.2. The SMILES string of the molecule is CC(C)(CN)c1coc(-c2ccc(F)cc2)n1.COc1ccc(-c2noc(C)n2)cc1C(=O)NCC(C)(C)c1coc(-c2ccc(F)cc2)n1.COc1ccc(-c2noc(C)n2)cc1C(=O)O. The predicted molar refractivity (Wildman–Crippen MR) is 240 cm³/mol. The molecule has 0 atom stereocenters. The number of carbonyl (C=O) groups excluding carboxylic acids is 1. The fourth-order valence-electron chi connectivity index (χ4n) is 6.08. The van der Waals surface area contributed by atoms with Crippen molar-refractivity contribution in [1.82, 2.24) is 35.6 Å². The van der Waals surface area contributed by atoms with Crippen LogP contribution in [-0.2, 0) is 10.8 Å². The Balaban J connectivity index is 0.000000183. The normalized spacial score (nSPS) is 11.2. The third-order valence-electron chi connectivity index (χ3n) is 10.2. The summed E-state index contributed by atoms with van der Waals surface area (Å²) in [5, 5.41) is 19.6. The van der Waals surface area contributed by atoms with Crippen LogP contribution < -0.4 is 20.5 Å². The zero-order chi connectivity index (χ0) is 48.5. The number of nitrogens with one attached hydrogen (secondary N) is 1. The first-order chi connectivity index (χ1) is 31.9. The van der Waals surface area contributed by atoms with Crippen molar-refractivity contribution in [3.63, 3.8) is 0 Å². The molecule has 0 radical (unpaired) electrons. The Morgan fingerprint density at radius 3 is 1.46 bits per heavy atom. The second-order valence-electron chi connectivity index (χ2n) is 16.2. The molecule has 8 aromatic rings. The van der Waals surface area contributed by atoms with Crippen LogP contribution >= 0.6 is 0 Å². The molecule has 0 unspecified atom stereocenters. The first-order valence-corrected chi connectivity index (χ1v) is 20.5. The average molecular weight is 919 g/mol. The van der Waals surface area contributed by atoms with E-state index in [4.69, 9.17) is 38.2 Å². The van der Waals surface area contributed by atoms with Crippen LogP contribution in [0.4, 0.5) is 8.78 Å². The highest BCUT2D eigenvalue weighted by Crippen LogP contribution is 2.30. The number of aryl methyl sites for hydroxylation is 2. The Hall–Kier alpha value is -8.06. The van der Waals surface area contributed by atoms with Gasteiger partial charge in [0.05, 0.1) is 31.2 Å². The van der Waals surface area contributed by atoms with Crippen LogP contribution in [0.25, 0.3) is 45.7 Å². The number of halogens is 2. The predicted octanol–water partition coefficient (Wildman–Crippen LogP) is 9.02. The lowest BCUT2D eigenvalue weighted by Crippen LogP contribution is -2.37. The summed E-state index contributed by atoms with van der Waals surface area (Å²) in [5.41, 5.74) is 9.42. The van der Waals surface area contributed by atoms with Crippen molar-refractivity contribution in [2.75, 3.05) is 27.3 Å². The fraction of sp³-hybridized carbons (Fsp3) is 0.250. The van der Waals surface area contributed by atoms with E-state index in [2.05, 4.69) is 35.6 Å². The van der Waals surface area contributed by atoms with Gasteiger partial charge in [-0.3, -0.25) is 4.79 Å². The van der Waals surface area contributed by atoms with Gasteiger partial charge in [-0.05, 0) is 84.9 Å². The minimum absolute atomic E-state index is 0.0625. The molecule has 0 aliphatic carbocycles. The van der Waals surface area contributed by atoms with Crippen LogP contribution in [0.3, 0.4) is 0 Å². The summed E-state index contributed by atoms with van der Waals surface area (Å²) in [6.45, 7) is 12.0. The van der Waals surface area contributed by atoms with Crippen molar-refractivity contribution in [2.24, 2.45) is 5.73 Å². The van der Waals surface area contributed by atoms with Gasteiger partial charge < -0.3 is 43.5 Å². The lowest BCUT2D eigenvalue weighted by Gasteiger charge is -2.22. The number of aromatic carboxylic acids is 1. The molecule has 19 heteroatoms. The Morgan fingerprint density at radius 1 is 0.642 bits per heavy atom. The Kier molecular flexibility index (Phi) is 15.1. The molecule has 4 N–H and O–H groups in total. The Morgan fingerprint density at radius 2 is 1.06 bits per heavy atom. The van der Waals surface area contributed by atoms with Gasteiger partial charge in [-0.2, -0.15) is 9.97 Å². The molecule has 4 aromatic heterocycles. The quantitative estimate of drug-likeness (QED) is 0.0977. The zero-order valence-corrected chi connectivity index (χ0v) is 37.9. The van der Waals surface area contributed by atoms with Crippen LogP contribution in [0.5, 0.6) is 11.5 Å². The van der Waals surface area contributed by atoms with E-state index in [1.54, 1.807) is 81.0 Å². The summed E-state index contributed by atoms with van der Waals surface area (Å²) in [5.74, 6) is 1.20. The zero-order valence-electron chi connectivity index (χ0n) is 37.9. The molecule has 1 amide bonds. The number of hydrogen-bond donors (Lipinski definition) is 3. The topological polar surface area (TPSA) is 241 Å². The maximum Gasteiger partial charge on any atom is 0.339 e. The van der Waals surface area contributed by atoms with Crippen LogP contribution in [0, 0.1) is 25.5 Å². The Labute approximate surface area is 383 Å². The van der Waals surface area contributed by atoms with E-state index in [1.807, 2.05) is 27.7 Å². The standard InChI is InChI=1S/C24H23FN4O4.C13H15FN2O.C11H10N2O4/c1-14-27-21(29-33-14)16-7-10-19(31-4)18(11-16)22(30)26-13-24(2,3)20-12-32-23(28-20)15-5-8-17(25)9-6-15;1-13(2,8-15)11-7-17-12(16-11)9-3-5-10(14)6-4-9;1-6-12-10(13-17-6)7-3-4-9(16-2)8(5-7)11(14)15/h5-12H,13H2,1-4H3,(H,26,30);3-7H,8,15H2,1-2H3;3-5H,1-2H3,(H,14,15). The lowest BCUT2D eigenvalue weighted by molar-refractivity contribution is 0.0693. The molecule has 0 aliphatic heterocycles. The van der Waals surface area contributed by atoms with Crippen molar-refractivity contribution in [1.29, 1.82) is 0 Å². The fourth-order valence-corrected chi connectivity index (χ4v) is 6.08. The summed E-state index contributed by atoms with van der Waals surface area (Å²) in [4.78, 5) is 41.2. The molecule has 0 fully saturated rings. The van der Waals surface area contributed by atoms with Crippen LogP contribution in [0.1, 0.15) is 71.6 Å². The first kappa shape index (κ1) is 48.4. The van der Waals surface area contributed by atoms with Gasteiger partial charge in [-0.25, -0.2) is 23.5 Å². The molecule has 4 heterocycles. The van der Waals surface area contributed by atoms with E-state index in [1.165, 1.54) is 44.6 Å². The maximum absolute atomic E-state index is 13.2. The van der Waals surface area contributed by atoms with Crippen molar-refractivity contribution in [2.45, 2.75) is 52.4 Å². The number of carboxylic acids is 1. The van der Waals surface area contributed by atoms with Crippen LogP contribution in [0.15, 0.2) is 115 Å². The highest BCUT2D eigenvalue weighted by Gasteiger charge is 2.27. The molecule has 0 bridgehead atoms. The number of rotatable bonds is 13. The highest BCUT2D eigenvalue weighted by atomic mass is 19.1. The van der Waals surface area contributed by atoms with Gasteiger partial charge in [0, 0.05) is 60.0 Å². The minimum Gasteiger partial charge on any atom is -0.496 e. The lowest BCUT2D eigenvalue weighted by atomic mass is 9.90. The summed E-state index contributed by atoms with van der Waals surface area (Å²) >= 11 is 0. The van der Waals surface area contributed by atoms with E-state index in [-0.39, 0.29) is 35.1 Å². The van der Waals surface area contributed by atoms with E-state index >= 15 is 0 Å². The average Bonchev–Trinajstić information content (AvgIpc) is 4.18. The number of aromatic nitrogens is 6. The first-order valence-electron chi connectivity index (χ1n) is 20.5. The molecule has 0 spiro atoms. The second-order valence-corrected chi connectivity index (χ2v) is 16.2. The van der Waals surface area contributed by atoms with E-state index < -0.39 is 11.4 Å². The van der Waals surface area contributed by atoms with E-state index in [0.717, 1.165) is 11.3 Å². The van der Waals surface area contributed by atoms with Crippen LogP contribution in [-0.4, -0.2) is 74.5 Å². The van der Waals surface area contributed by atoms with Crippen molar-refractivity contribution >= 4 is 11.9 Å². The highest BCUT2D eigenvalue weighted by molar-refractivity contribution is 5.98. The van der Waals surface area contributed by atoms with Crippen LogP contribution in [0.2, 0.25) is 0 Å². The van der Waals surface area contributed by atoms with Crippen molar-refractivity contribution in [3.8, 4) is 57.2 Å². The number of carboxylic acid groups (broad SMARTS) is 1. The summed E-state index contributed by atoms with van der Waals surface area (Å²) in [6.07, 6.45) is 3.15. The number of nitrogens with zero attached hydrogens (tertiary/aromatic N) is 6. The molecule has 0 saturated carbocycles. The molecule has 348 valence electrons. The van der Waals surface area contributed by atoms with Gasteiger partial charge in [0.2, 0.25) is 35.2 Å². The molecule has 67 heavy (non-hydrogen) atoms. The van der Waals surface area contributed by atoms with E-state index in [0.29, 0.717) is 81.2 Å². The number of methoxy groups -OCH3 is 2. The number of oxazole rings is 2. The molecule has 8 rings (SSSR count). The smallest absolute Gasteiger partial charge is 0.339 e. The van der Waals surface area contributed by atoms with Gasteiger partial charge >= 0.3 is 5.97 Å². The van der Waals surface area contributed by atoms with Gasteiger partial charge in [-0.1, -0.05) is 38.0 Å². The molecule has 4 aromatic carbocycles. The summed E-state index contributed by atoms with van der Waals surface area (Å²) in [6, 6.07) is 21.7.